The lowest BCUT2D eigenvalue weighted by Gasteiger charge is -2.18. The molecule has 1 rings (SSSR count). The molecular weight excluding hydrogens is 260 g/mol. The lowest BCUT2D eigenvalue weighted by molar-refractivity contribution is 0.499. The van der Waals surface area contributed by atoms with Crippen molar-refractivity contribution in [1.82, 2.24) is 5.32 Å². The van der Waals surface area contributed by atoms with Gasteiger partial charge in [0.15, 0.2) is 11.6 Å². The van der Waals surface area contributed by atoms with Gasteiger partial charge in [-0.2, -0.15) is 0 Å². The van der Waals surface area contributed by atoms with Gasteiger partial charge in [0, 0.05) is 12.3 Å². The van der Waals surface area contributed by atoms with Crippen LogP contribution in [0.15, 0.2) is 18.2 Å². The van der Waals surface area contributed by atoms with Gasteiger partial charge in [-0.15, -0.1) is 0 Å². The fraction of sp³-hybridized carbons (Fsp3) is 0.500. The van der Waals surface area contributed by atoms with Crippen LogP contribution >= 0.6 is 0 Å². The number of hydrogen-bond acceptors (Lipinski definition) is 3. The van der Waals surface area contributed by atoms with Crippen LogP contribution in [-0.2, 0) is 9.84 Å². The third-order valence-electron chi connectivity index (χ3n) is 2.46. The van der Waals surface area contributed by atoms with Crippen LogP contribution in [0.25, 0.3) is 0 Å². The van der Waals surface area contributed by atoms with Gasteiger partial charge in [0.25, 0.3) is 0 Å². The van der Waals surface area contributed by atoms with Crippen LogP contribution in [0.5, 0.6) is 0 Å². The zero-order valence-corrected chi connectivity index (χ0v) is 11.2. The van der Waals surface area contributed by atoms with Crippen LogP contribution in [-0.4, -0.2) is 27.0 Å². The van der Waals surface area contributed by atoms with E-state index < -0.39 is 27.5 Å². The summed E-state index contributed by atoms with van der Waals surface area (Å²) in [6.07, 6.45) is 1.94. The molecule has 3 nitrogen and oxygen atoms in total. The highest BCUT2D eigenvalue weighted by atomic mass is 32.2. The standard InChI is InChI=1S/C12H17F2NO2S/c1-3-6-15-12(8-18(2,16)17)9-4-5-10(13)11(14)7-9/h4-5,7,12,15H,3,6,8H2,1-2H3. The first-order valence-electron chi connectivity index (χ1n) is 5.69. The van der Waals surface area contributed by atoms with E-state index in [0.29, 0.717) is 12.1 Å². The fourth-order valence-electron chi connectivity index (χ4n) is 1.62. The van der Waals surface area contributed by atoms with Crippen LogP contribution in [0.4, 0.5) is 8.78 Å². The van der Waals surface area contributed by atoms with E-state index in [1.54, 1.807) is 0 Å². The third kappa shape index (κ3) is 4.70. The van der Waals surface area contributed by atoms with Crippen LogP contribution in [0.1, 0.15) is 24.9 Å². The smallest absolute Gasteiger partial charge is 0.159 e. The number of rotatable bonds is 6. The zero-order valence-electron chi connectivity index (χ0n) is 10.4. The Hall–Kier alpha value is -1.01. The Bertz CT molecular complexity index is 503. The Labute approximate surface area is 106 Å². The van der Waals surface area contributed by atoms with Gasteiger partial charge in [-0.05, 0) is 30.7 Å². The Morgan fingerprint density at radius 1 is 1.28 bits per heavy atom. The van der Waals surface area contributed by atoms with Crippen molar-refractivity contribution in [3.63, 3.8) is 0 Å². The molecule has 1 unspecified atom stereocenters. The molecule has 1 aromatic rings. The third-order valence-corrected chi connectivity index (χ3v) is 3.40. The molecule has 0 amide bonds. The first-order chi connectivity index (χ1) is 8.33. The van der Waals surface area contributed by atoms with E-state index in [1.807, 2.05) is 6.92 Å². The average molecular weight is 277 g/mol. The van der Waals surface area contributed by atoms with Gasteiger partial charge in [0.2, 0.25) is 0 Å². The quantitative estimate of drug-likeness (QED) is 0.865. The van der Waals surface area contributed by atoms with E-state index in [2.05, 4.69) is 5.32 Å². The molecule has 0 bridgehead atoms. The summed E-state index contributed by atoms with van der Waals surface area (Å²) >= 11 is 0. The number of halogens is 2. The van der Waals surface area contributed by atoms with Crippen LogP contribution in [0, 0.1) is 11.6 Å². The van der Waals surface area contributed by atoms with Gasteiger partial charge in [0.05, 0.1) is 5.75 Å². The maximum absolute atomic E-state index is 13.1. The van der Waals surface area contributed by atoms with E-state index in [9.17, 15) is 17.2 Å². The molecule has 0 aromatic heterocycles. The van der Waals surface area contributed by atoms with E-state index in [4.69, 9.17) is 0 Å². The van der Waals surface area contributed by atoms with Crippen molar-refractivity contribution in [2.75, 3.05) is 18.6 Å². The minimum Gasteiger partial charge on any atom is -0.309 e. The maximum atomic E-state index is 13.1. The largest absolute Gasteiger partial charge is 0.309 e. The first-order valence-corrected chi connectivity index (χ1v) is 7.75. The van der Waals surface area contributed by atoms with Crippen LogP contribution in [0.2, 0.25) is 0 Å². The number of hydrogen-bond donors (Lipinski definition) is 1. The topological polar surface area (TPSA) is 46.2 Å². The molecule has 0 saturated carbocycles. The Balaban J connectivity index is 2.97. The van der Waals surface area contributed by atoms with Crippen LogP contribution in [0.3, 0.4) is 0 Å². The lowest BCUT2D eigenvalue weighted by Crippen LogP contribution is -2.28. The van der Waals surface area contributed by atoms with Crippen molar-refractivity contribution in [2.45, 2.75) is 19.4 Å². The van der Waals surface area contributed by atoms with E-state index >= 15 is 0 Å². The second-order valence-corrected chi connectivity index (χ2v) is 6.46. The van der Waals surface area contributed by atoms with Crippen molar-refractivity contribution >= 4 is 9.84 Å². The van der Waals surface area contributed by atoms with Gasteiger partial charge in [-0.1, -0.05) is 13.0 Å². The molecule has 0 radical (unpaired) electrons. The SMILES string of the molecule is CCCNC(CS(C)(=O)=O)c1ccc(F)c(F)c1. The van der Waals surface area contributed by atoms with Gasteiger partial charge in [-0.25, -0.2) is 17.2 Å². The van der Waals surface area contributed by atoms with Gasteiger partial charge in [0.1, 0.15) is 9.84 Å². The molecule has 0 aliphatic rings. The summed E-state index contributed by atoms with van der Waals surface area (Å²) in [7, 11) is -3.20. The van der Waals surface area contributed by atoms with Crippen LogP contribution < -0.4 is 5.32 Å². The molecule has 0 aliphatic heterocycles. The predicted octanol–water partition coefficient (Wildman–Crippen LogP) is 2.05. The molecule has 1 aromatic carbocycles. The number of sulfone groups is 1. The predicted molar refractivity (Wildman–Crippen MR) is 67.1 cm³/mol. The molecule has 6 heteroatoms. The molecular formula is C12H17F2NO2S. The fourth-order valence-corrected chi connectivity index (χ4v) is 2.54. The lowest BCUT2D eigenvalue weighted by atomic mass is 10.1. The summed E-state index contributed by atoms with van der Waals surface area (Å²) < 4.78 is 48.6. The second kappa shape index (κ2) is 6.24. The summed E-state index contributed by atoms with van der Waals surface area (Å²) in [6.45, 7) is 2.55. The summed E-state index contributed by atoms with van der Waals surface area (Å²) in [5, 5.41) is 3.02. The molecule has 18 heavy (non-hydrogen) atoms. The second-order valence-electron chi connectivity index (χ2n) is 4.27. The van der Waals surface area contributed by atoms with Crippen molar-refractivity contribution in [3.8, 4) is 0 Å². The van der Waals surface area contributed by atoms with Crippen molar-refractivity contribution in [3.05, 3.63) is 35.4 Å². The highest BCUT2D eigenvalue weighted by Gasteiger charge is 2.18. The molecule has 0 fully saturated rings. The summed E-state index contributed by atoms with van der Waals surface area (Å²) in [5.41, 5.74) is 0.438. The monoisotopic (exact) mass is 277 g/mol. The molecule has 0 heterocycles. The molecule has 0 spiro atoms. The molecule has 1 N–H and O–H groups in total. The molecule has 102 valence electrons. The first kappa shape index (κ1) is 15.0. The van der Waals surface area contributed by atoms with Gasteiger partial charge >= 0.3 is 0 Å². The van der Waals surface area contributed by atoms with Crippen molar-refractivity contribution in [1.29, 1.82) is 0 Å². The van der Waals surface area contributed by atoms with E-state index in [0.717, 1.165) is 24.8 Å². The van der Waals surface area contributed by atoms with Crippen molar-refractivity contribution in [2.24, 2.45) is 0 Å². The van der Waals surface area contributed by atoms with Crippen molar-refractivity contribution < 1.29 is 17.2 Å². The molecule has 1 atom stereocenters. The number of nitrogens with one attached hydrogen (secondary N) is 1. The molecule has 0 aliphatic carbocycles. The van der Waals surface area contributed by atoms with E-state index in [-0.39, 0.29) is 5.75 Å². The minimum atomic E-state index is -3.20. The normalized spacial score (nSPS) is 13.6. The Morgan fingerprint density at radius 2 is 1.94 bits per heavy atom. The number of benzene rings is 1. The minimum absolute atomic E-state index is 0.141. The summed E-state index contributed by atoms with van der Waals surface area (Å²) in [4.78, 5) is 0. The van der Waals surface area contributed by atoms with Gasteiger partial charge in [-0.3, -0.25) is 0 Å². The highest BCUT2D eigenvalue weighted by Crippen LogP contribution is 2.18. The van der Waals surface area contributed by atoms with Gasteiger partial charge < -0.3 is 5.32 Å². The zero-order chi connectivity index (χ0) is 13.8. The highest BCUT2D eigenvalue weighted by molar-refractivity contribution is 7.90. The summed E-state index contributed by atoms with van der Waals surface area (Å²) in [6, 6.07) is 2.92. The Morgan fingerprint density at radius 3 is 2.44 bits per heavy atom. The maximum Gasteiger partial charge on any atom is 0.159 e. The average Bonchev–Trinajstić information content (AvgIpc) is 2.26. The van der Waals surface area contributed by atoms with E-state index in [1.165, 1.54) is 6.07 Å². The summed E-state index contributed by atoms with van der Waals surface area (Å²) in [5.74, 6) is -2.05. The molecule has 0 saturated heterocycles. The Kier molecular flexibility index (Phi) is 5.22.